The van der Waals surface area contributed by atoms with Gasteiger partial charge in [0.2, 0.25) is 0 Å². The molecule has 13 aromatic rings. The average Bonchev–Trinajstić information content (AvgIpc) is 3.97. The molecule has 59 heavy (non-hydrogen) atoms. The van der Waals surface area contributed by atoms with Gasteiger partial charge in [0.1, 0.15) is 28.0 Å². The first-order valence-electron chi connectivity index (χ1n) is 19.9. The van der Waals surface area contributed by atoms with E-state index in [1.807, 2.05) is 24.3 Å². The standard InChI is InChI=1S/C54H31N3O2/c1-2-14-33(15-3-1)50-53-51(56-54(55-50)40-22-12-18-32-13-6-7-19-37(32)40)43-30-36(25-28-48(43)59-53)38-26-27-45(49-41-21-9-11-24-47(41)58-52(38)49)57-44-23-10-8-20-39(44)42-29-34-16-4-5-17-35(34)31-46(42)57/h1-31H. The molecule has 0 radical (unpaired) electrons. The molecule has 0 aliphatic carbocycles. The summed E-state index contributed by atoms with van der Waals surface area (Å²) in [5.74, 6) is 0.657. The number of hydrogen-bond donors (Lipinski definition) is 0. The maximum Gasteiger partial charge on any atom is 0.180 e. The maximum atomic E-state index is 6.88. The predicted octanol–water partition coefficient (Wildman–Crippen LogP) is 14.7. The molecule has 0 aliphatic rings. The summed E-state index contributed by atoms with van der Waals surface area (Å²) >= 11 is 0. The Morgan fingerprint density at radius 3 is 1.97 bits per heavy atom. The fraction of sp³-hybridized carbons (Fsp3) is 0. The van der Waals surface area contributed by atoms with Crippen LogP contribution >= 0.6 is 0 Å². The van der Waals surface area contributed by atoms with Crippen LogP contribution in [0.5, 0.6) is 0 Å². The van der Waals surface area contributed by atoms with E-state index in [-0.39, 0.29) is 0 Å². The molecule has 0 saturated carbocycles. The number of para-hydroxylation sites is 2. The van der Waals surface area contributed by atoms with Gasteiger partial charge in [-0.3, -0.25) is 0 Å². The number of nitrogens with zero attached hydrogens (tertiary/aromatic N) is 3. The van der Waals surface area contributed by atoms with Crippen LogP contribution in [-0.4, -0.2) is 14.5 Å². The molecule has 9 aromatic carbocycles. The molecule has 0 fully saturated rings. The van der Waals surface area contributed by atoms with Crippen molar-refractivity contribution < 1.29 is 8.83 Å². The van der Waals surface area contributed by atoms with Crippen LogP contribution in [0.25, 0.3) is 127 Å². The molecule has 5 nitrogen and oxygen atoms in total. The lowest BCUT2D eigenvalue weighted by molar-refractivity contribution is 0.667. The Kier molecular flexibility index (Phi) is 6.66. The zero-order valence-electron chi connectivity index (χ0n) is 31.6. The van der Waals surface area contributed by atoms with Crippen molar-refractivity contribution in [3.05, 3.63) is 188 Å². The van der Waals surface area contributed by atoms with E-state index >= 15 is 0 Å². The van der Waals surface area contributed by atoms with Gasteiger partial charge >= 0.3 is 0 Å². The number of rotatable bonds is 4. The lowest BCUT2D eigenvalue weighted by Gasteiger charge is -2.12. The summed E-state index contributed by atoms with van der Waals surface area (Å²) in [6.07, 6.45) is 0. The second-order valence-corrected chi connectivity index (χ2v) is 15.3. The summed E-state index contributed by atoms with van der Waals surface area (Å²) in [5, 5.41) is 10.2. The van der Waals surface area contributed by atoms with E-state index < -0.39 is 0 Å². The summed E-state index contributed by atoms with van der Waals surface area (Å²) in [6, 6.07) is 66.1. The first-order valence-corrected chi connectivity index (χ1v) is 19.9. The van der Waals surface area contributed by atoms with E-state index in [1.165, 1.54) is 21.5 Å². The van der Waals surface area contributed by atoms with Crippen molar-refractivity contribution in [3.63, 3.8) is 0 Å². The molecule has 0 amide bonds. The largest absolute Gasteiger partial charge is 0.455 e. The van der Waals surface area contributed by atoms with Crippen molar-refractivity contribution in [1.82, 2.24) is 14.5 Å². The quantitative estimate of drug-likeness (QED) is 0.180. The van der Waals surface area contributed by atoms with Crippen molar-refractivity contribution in [2.45, 2.75) is 0 Å². The number of aromatic nitrogens is 3. The van der Waals surface area contributed by atoms with Crippen LogP contribution in [0.15, 0.2) is 197 Å². The second-order valence-electron chi connectivity index (χ2n) is 15.3. The van der Waals surface area contributed by atoms with Crippen molar-refractivity contribution in [3.8, 4) is 39.5 Å². The molecule has 5 heteroatoms. The second kappa shape index (κ2) is 12.2. The van der Waals surface area contributed by atoms with E-state index in [9.17, 15) is 0 Å². The molecule has 0 bridgehead atoms. The third kappa shape index (κ3) is 4.73. The molecule has 274 valence electrons. The van der Waals surface area contributed by atoms with Crippen molar-refractivity contribution >= 4 is 87.4 Å². The average molecular weight is 754 g/mol. The van der Waals surface area contributed by atoms with Gasteiger partial charge in [0.05, 0.1) is 22.1 Å². The Bertz CT molecular complexity index is 3850. The van der Waals surface area contributed by atoms with Gasteiger partial charge in [-0.25, -0.2) is 9.97 Å². The molecule has 0 aliphatic heterocycles. The van der Waals surface area contributed by atoms with Crippen LogP contribution in [0.2, 0.25) is 0 Å². The molecule has 0 atom stereocenters. The molecule has 0 unspecified atom stereocenters. The Hall–Kier alpha value is -8.02. The summed E-state index contributed by atoms with van der Waals surface area (Å²) < 4.78 is 16.0. The highest BCUT2D eigenvalue weighted by molar-refractivity contribution is 6.19. The van der Waals surface area contributed by atoms with E-state index in [0.29, 0.717) is 11.4 Å². The first-order chi connectivity index (χ1) is 29.2. The van der Waals surface area contributed by atoms with Gasteiger partial charge in [0.25, 0.3) is 0 Å². The molecule has 13 rings (SSSR count). The Morgan fingerprint density at radius 1 is 0.390 bits per heavy atom. The lowest BCUT2D eigenvalue weighted by atomic mass is 9.99. The summed E-state index contributed by atoms with van der Waals surface area (Å²) in [5.41, 5.74) is 12.0. The minimum Gasteiger partial charge on any atom is -0.455 e. The summed E-state index contributed by atoms with van der Waals surface area (Å²) in [6.45, 7) is 0. The van der Waals surface area contributed by atoms with Crippen LogP contribution in [-0.2, 0) is 0 Å². The minimum atomic E-state index is 0.657. The highest BCUT2D eigenvalue weighted by Gasteiger charge is 2.23. The van der Waals surface area contributed by atoms with Crippen molar-refractivity contribution in [1.29, 1.82) is 0 Å². The normalized spacial score (nSPS) is 12.1. The van der Waals surface area contributed by atoms with E-state index in [0.717, 1.165) is 93.9 Å². The summed E-state index contributed by atoms with van der Waals surface area (Å²) in [7, 11) is 0. The molecular weight excluding hydrogens is 723 g/mol. The van der Waals surface area contributed by atoms with E-state index in [1.54, 1.807) is 0 Å². The fourth-order valence-corrected chi connectivity index (χ4v) is 9.28. The number of benzene rings is 9. The molecule has 0 saturated heterocycles. The van der Waals surface area contributed by atoms with Crippen LogP contribution in [0, 0.1) is 0 Å². The van der Waals surface area contributed by atoms with Crippen LogP contribution in [0.4, 0.5) is 0 Å². The van der Waals surface area contributed by atoms with E-state index in [2.05, 4.69) is 168 Å². The monoisotopic (exact) mass is 753 g/mol. The van der Waals surface area contributed by atoms with Crippen LogP contribution in [0.3, 0.4) is 0 Å². The zero-order valence-corrected chi connectivity index (χ0v) is 31.6. The van der Waals surface area contributed by atoms with Gasteiger partial charge in [-0.15, -0.1) is 0 Å². The zero-order chi connectivity index (χ0) is 38.6. The Balaban J connectivity index is 1.07. The fourth-order valence-electron chi connectivity index (χ4n) is 9.28. The highest BCUT2D eigenvalue weighted by atomic mass is 16.3. The molecule has 4 heterocycles. The first kappa shape index (κ1) is 32.1. The van der Waals surface area contributed by atoms with Crippen LogP contribution < -0.4 is 0 Å². The third-order valence-corrected chi connectivity index (χ3v) is 12.0. The smallest absolute Gasteiger partial charge is 0.180 e. The van der Waals surface area contributed by atoms with Gasteiger partial charge < -0.3 is 13.4 Å². The number of fused-ring (bicyclic) bond motifs is 11. The maximum absolute atomic E-state index is 6.88. The molecule has 0 spiro atoms. The number of furan rings is 2. The predicted molar refractivity (Wildman–Crippen MR) is 242 cm³/mol. The Morgan fingerprint density at radius 2 is 1.08 bits per heavy atom. The SMILES string of the molecule is c1ccc(-c2nc(-c3cccc4ccccc34)nc3c2oc2ccc(-c4ccc(-n5c6ccccc6c6cc7ccccc7cc65)c5c4oc4ccccc45)cc23)cc1. The highest BCUT2D eigenvalue weighted by Crippen LogP contribution is 2.45. The van der Waals surface area contributed by atoms with Gasteiger partial charge in [-0.1, -0.05) is 140 Å². The number of hydrogen-bond acceptors (Lipinski definition) is 4. The molecule has 0 N–H and O–H groups in total. The topological polar surface area (TPSA) is 57.0 Å². The molecule has 4 aromatic heterocycles. The van der Waals surface area contributed by atoms with Crippen molar-refractivity contribution in [2.24, 2.45) is 0 Å². The minimum absolute atomic E-state index is 0.657. The van der Waals surface area contributed by atoms with Gasteiger partial charge in [-0.2, -0.15) is 0 Å². The molecular formula is C54H31N3O2. The Labute approximate surface area is 337 Å². The van der Waals surface area contributed by atoms with Crippen molar-refractivity contribution in [2.75, 3.05) is 0 Å². The third-order valence-electron chi connectivity index (χ3n) is 12.0. The van der Waals surface area contributed by atoms with Crippen LogP contribution in [0.1, 0.15) is 0 Å². The van der Waals surface area contributed by atoms with Gasteiger partial charge in [0, 0.05) is 38.2 Å². The van der Waals surface area contributed by atoms with E-state index in [4.69, 9.17) is 18.8 Å². The van der Waals surface area contributed by atoms with Gasteiger partial charge in [-0.05, 0) is 75.6 Å². The van der Waals surface area contributed by atoms with Gasteiger partial charge in [0.15, 0.2) is 11.4 Å². The lowest BCUT2D eigenvalue weighted by Crippen LogP contribution is -1.96. The summed E-state index contributed by atoms with van der Waals surface area (Å²) in [4.78, 5) is 10.5.